The predicted molar refractivity (Wildman–Crippen MR) is 64.5 cm³/mol. The van der Waals surface area contributed by atoms with Crippen molar-refractivity contribution in [3.05, 3.63) is 29.8 Å². The van der Waals surface area contributed by atoms with Crippen LogP contribution in [-0.4, -0.2) is 26.8 Å². The first-order valence-corrected chi connectivity index (χ1v) is 7.48. The van der Waals surface area contributed by atoms with Gasteiger partial charge < -0.3 is 5.32 Å². The van der Waals surface area contributed by atoms with E-state index in [0.717, 1.165) is 18.7 Å². The van der Waals surface area contributed by atoms with Crippen molar-refractivity contribution in [3.8, 4) is 0 Å². The molecule has 1 aliphatic rings. The first-order chi connectivity index (χ1) is 8.82. The molecule has 0 aromatic heterocycles. The summed E-state index contributed by atoms with van der Waals surface area (Å²) in [7, 11) is -3.71. The molecule has 1 aromatic rings. The van der Waals surface area contributed by atoms with Gasteiger partial charge in [-0.05, 0) is 37.6 Å². The second-order valence-electron chi connectivity index (χ2n) is 4.54. The number of hydrogen-bond donors (Lipinski definition) is 1. The maximum absolute atomic E-state index is 12.6. The molecular formula is C12H14F3NO2S. The molecule has 19 heavy (non-hydrogen) atoms. The number of piperidine rings is 1. The van der Waals surface area contributed by atoms with Crippen molar-refractivity contribution >= 4 is 9.84 Å². The molecule has 1 N–H and O–H groups in total. The van der Waals surface area contributed by atoms with E-state index < -0.39 is 26.8 Å². The van der Waals surface area contributed by atoms with E-state index in [1.165, 1.54) is 6.07 Å². The Morgan fingerprint density at radius 3 is 2.58 bits per heavy atom. The van der Waals surface area contributed by atoms with E-state index in [9.17, 15) is 21.6 Å². The van der Waals surface area contributed by atoms with E-state index in [1.54, 1.807) is 0 Å². The van der Waals surface area contributed by atoms with Crippen LogP contribution >= 0.6 is 0 Å². The van der Waals surface area contributed by atoms with Crippen molar-refractivity contribution in [1.82, 2.24) is 5.32 Å². The Morgan fingerprint density at radius 2 is 2.00 bits per heavy atom. The lowest BCUT2D eigenvalue weighted by molar-refractivity contribution is -0.137. The summed E-state index contributed by atoms with van der Waals surface area (Å²) >= 11 is 0. The molecule has 0 amide bonds. The number of benzene rings is 1. The Morgan fingerprint density at radius 1 is 1.26 bits per heavy atom. The zero-order valence-corrected chi connectivity index (χ0v) is 10.9. The summed E-state index contributed by atoms with van der Waals surface area (Å²) in [6, 6.07) is 3.94. The number of alkyl halides is 3. The van der Waals surface area contributed by atoms with Crippen LogP contribution in [0.25, 0.3) is 0 Å². The quantitative estimate of drug-likeness (QED) is 0.909. The normalized spacial score (nSPS) is 21.3. The predicted octanol–water partition coefficient (Wildman–Crippen LogP) is 2.23. The smallest absolute Gasteiger partial charge is 0.315 e. The minimum absolute atomic E-state index is 0.254. The van der Waals surface area contributed by atoms with Crippen molar-refractivity contribution in [3.63, 3.8) is 0 Å². The largest absolute Gasteiger partial charge is 0.416 e. The second-order valence-corrected chi connectivity index (χ2v) is 6.77. The molecule has 0 aliphatic carbocycles. The first-order valence-electron chi connectivity index (χ1n) is 5.94. The molecule has 1 aromatic carbocycles. The van der Waals surface area contributed by atoms with Crippen LogP contribution in [0.3, 0.4) is 0 Å². The standard InChI is InChI=1S/C12H14F3NO2S/c13-12(14,15)9-3-1-4-10(7-9)19(17,18)11-5-2-6-16-8-11/h1,3-4,7,11,16H,2,5-6,8H2. The van der Waals surface area contributed by atoms with Gasteiger partial charge in [0.1, 0.15) is 0 Å². The summed E-state index contributed by atoms with van der Waals surface area (Å²) in [6.45, 7) is 1.03. The van der Waals surface area contributed by atoms with Gasteiger partial charge >= 0.3 is 6.18 Å². The first kappa shape index (κ1) is 14.3. The van der Waals surface area contributed by atoms with Crippen molar-refractivity contribution in [2.75, 3.05) is 13.1 Å². The van der Waals surface area contributed by atoms with E-state index in [4.69, 9.17) is 0 Å². The maximum atomic E-state index is 12.6. The van der Waals surface area contributed by atoms with Gasteiger partial charge in [0.05, 0.1) is 15.7 Å². The van der Waals surface area contributed by atoms with Gasteiger partial charge in [0, 0.05) is 6.54 Å². The highest BCUT2D eigenvalue weighted by atomic mass is 32.2. The number of nitrogens with one attached hydrogen (secondary N) is 1. The Bertz CT molecular complexity index is 548. The second kappa shape index (κ2) is 5.13. The van der Waals surface area contributed by atoms with Crippen molar-refractivity contribution < 1.29 is 21.6 Å². The molecule has 2 rings (SSSR count). The van der Waals surface area contributed by atoms with E-state index >= 15 is 0 Å². The molecule has 0 radical (unpaired) electrons. The fourth-order valence-corrected chi connectivity index (χ4v) is 3.89. The summed E-state index contributed by atoms with van der Waals surface area (Å²) in [6.07, 6.45) is -3.34. The van der Waals surface area contributed by atoms with Crippen LogP contribution in [0.15, 0.2) is 29.2 Å². The van der Waals surface area contributed by atoms with Crippen LogP contribution < -0.4 is 5.32 Å². The average Bonchev–Trinajstić information content (AvgIpc) is 2.39. The topological polar surface area (TPSA) is 46.2 Å². The van der Waals surface area contributed by atoms with Gasteiger partial charge in [-0.15, -0.1) is 0 Å². The number of rotatable bonds is 2. The van der Waals surface area contributed by atoms with Crippen LogP contribution in [0, 0.1) is 0 Å². The molecular weight excluding hydrogens is 279 g/mol. The molecule has 0 spiro atoms. The molecule has 1 atom stereocenters. The van der Waals surface area contributed by atoms with Gasteiger partial charge in [0.15, 0.2) is 9.84 Å². The molecule has 1 heterocycles. The molecule has 1 aliphatic heterocycles. The van der Waals surface area contributed by atoms with E-state index in [1.807, 2.05) is 0 Å². The fourth-order valence-electron chi connectivity index (χ4n) is 2.13. The third kappa shape index (κ3) is 3.09. The number of hydrogen-bond acceptors (Lipinski definition) is 3. The highest BCUT2D eigenvalue weighted by molar-refractivity contribution is 7.92. The van der Waals surface area contributed by atoms with Gasteiger partial charge in [-0.1, -0.05) is 6.07 Å². The Hall–Kier alpha value is -1.08. The molecule has 0 saturated carbocycles. The number of halogens is 3. The summed E-state index contributed by atoms with van der Waals surface area (Å²) in [4.78, 5) is -0.254. The Kier molecular flexibility index (Phi) is 3.87. The number of sulfone groups is 1. The zero-order valence-electron chi connectivity index (χ0n) is 10.1. The average molecular weight is 293 g/mol. The molecule has 106 valence electrons. The third-order valence-electron chi connectivity index (χ3n) is 3.18. The fraction of sp³-hybridized carbons (Fsp3) is 0.500. The Balaban J connectivity index is 2.35. The monoisotopic (exact) mass is 293 g/mol. The van der Waals surface area contributed by atoms with Crippen LogP contribution in [0.5, 0.6) is 0 Å². The lowest BCUT2D eigenvalue weighted by atomic mass is 10.2. The highest BCUT2D eigenvalue weighted by Gasteiger charge is 2.34. The van der Waals surface area contributed by atoms with Crippen molar-refractivity contribution in [2.45, 2.75) is 29.2 Å². The zero-order chi connectivity index (χ0) is 14.1. The SMILES string of the molecule is O=S(=O)(c1cccc(C(F)(F)F)c1)C1CCCNC1. The minimum Gasteiger partial charge on any atom is -0.315 e. The Labute approximate surface area is 109 Å². The molecule has 7 heteroatoms. The van der Waals surface area contributed by atoms with E-state index in [2.05, 4.69) is 5.32 Å². The van der Waals surface area contributed by atoms with Crippen LogP contribution in [0.1, 0.15) is 18.4 Å². The van der Waals surface area contributed by atoms with Gasteiger partial charge in [-0.2, -0.15) is 13.2 Å². The van der Waals surface area contributed by atoms with Crippen LogP contribution in [0.2, 0.25) is 0 Å². The summed E-state index contributed by atoms with van der Waals surface area (Å²) < 4.78 is 62.3. The van der Waals surface area contributed by atoms with Crippen LogP contribution in [0.4, 0.5) is 13.2 Å². The molecule has 1 fully saturated rings. The highest BCUT2D eigenvalue weighted by Crippen LogP contribution is 2.31. The van der Waals surface area contributed by atoms with Crippen LogP contribution in [-0.2, 0) is 16.0 Å². The summed E-state index contributed by atoms with van der Waals surface area (Å²) in [5, 5.41) is 2.31. The van der Waals surface area contributed by atoms with E-state index in [-0.39, 0.29) is 4.90 Å². The van der Waals surface area contributed by atoms with Crippen molar-refractivity contribution in [2.24, 2.45) is 0 Å². The summed E-state index contributed by atoms with van der Waals surface area (Å²) in [5.74, 6) is 0. The lowest BCUT2D eigenvalue weighted by Crippen LogP contribution is -2.38. The van der Waals surface area contributed by atoms with Crippen molar-refractivity contribution in [1.29, 1.82) is 0 Å². The molecule has 0 bridgehead atoms. The molecule has 1 saturated heterocycles. The molecule has 3 nitrogen and oxygen atoms in total. The third-order valence-corrected chi connectivity index (χ3v) is 5.37. The molecule has 1 unspecified atom stereocenters. The minimum atomic E-state index is -4.53. The van der Waals surface area contributed by atoms with Gasteiger partial charge in [0.2, 0.25) is 0 Å². The summed E-state index contributed by atoms with van der Waals surface area (Å²) in [5.41, 5.74) is -0.933. The lowest BCUT2D eigenvalue weighted by Gasteiger charge is -2.23. The maximum Gasteiger partial charge on any atom is 0.416 e. The van der Waals surface area contributed by atoms with Gasteiger partial charge in [-0.25, -0.2) is 8.42 Å². The van der Waals surface area contributed by atoms with Gasteiger partial charge in [-0.3, -0.25) is 0 Å². The van der Waals surface area contributed by atoms with Gasteiger partial charge in [0.25, 0.3) is 0 Å². The van der Waals surface area contributed by atoms with E-state index in [0.29, 0.717) is 25.5 Å².